The van der Waals surface area contributed by atoms with Crippen LogP contribution in [0, 0.1) is 23.7 Å². The first kappa shape index (κ1) is 68.8. The van der Waals surface area contributed by atoms with Gasteiger partial charge in [0.15, 0.2) is 0 Å². The van der Waals surface area contributed by atoms with Gasteiger partial charge in [0.2, 0.25) is 0 Å². The first-order valence-corrected chi connectivity index (χ1v) is 35.1. The van der Waals surface area contributed by atoms with Crippen molar-refractivity contribution in [2.75, 3.05) is 26.4 Å². The maximum absolute atomic E-state index is 6.90. The zero-order valence-corrected chi connectivity index (χ0v) is 56.4. The fourth-order valence-corrected chi connectivity index (χ4v) is 13.2. The zero-order valence-electron chi connectivity index (χ0n) is 55.4. The summed E-state index contributed by atoms with van der Waals surface area (Å²) in [5, 5.41) is 3.16. The van der Waals surface area contributed by atoms with Crippen LogP contribution in [0.5, 0.6) is 23.0 Å². The van der Waals surface area contributed by atoms with Gasteiger partial charge in [0.1, 0.15) is 23.0 Å². The van der Waals surface area contributed by atoms with Crippen molar-refractivity contribution in [2.45, 2.75) is 235 Å². The Labute approximate surface area is 543 Å². The number of rotatable bonds is 40. The van der Waals surface area contributed by atoms with E-state index in [4.69, 9.17) is 58.8 Å². The normalized spacial score (nSPS) is 13.2. The molecule has 0 fully saturated rings. The van der Waals surface area contributed by atoms with Crippen LogP contribution in [-0.2, 0) is 16.5 Å². The van der Waals surface area contributed by atoms with Crippen molar-refractivity contribution in [3.8, 4) is 68.5 Å². The fourth-order valence-electron chi connectivity index (χ4n) is 13.2. The summed E-state index contributed by atoms with van der Waals surface area (Å²) in [6, 6.07) is 24.6. The third-order valence-electron chi connectivity index (χ3n) is 19.0. The number of hydrogen-bond donors (Lipinski definition) is 0. The molecular formula is C76H104N8NiO4. The van der Waals surface area contributed by atoms with Crippen molar-refractivity contribution in [2.24, 2.45) is 23.7 Å². The molecule has 4 unspecified atom stereocenters. The Morgan fingerprint density at radius 3 is 0.966 bits per heavy atom. The standard InChI is InChI=1S/C76H104N8O4.Ni/c1-9-17-21-25-33-53(13-5)45-49-85-61-41-29-37-57-65(61)73-78-69(57)77-70-58-38-30-42-62(86-50-46-54(14-6)34-26-22-18-10-2)66(58)74(79-70)81-72-60-40-32-44-64(88-52-48-56(16-8)36-28-24-20-12-4)68(60)76(83-72)84-75-67-59(71(80-73)82-75)39-31-43-63(67)87-51-47-55(15-7)35-27-23-19-11-3;/h29-32,37-44,53-56H,9-28,33-36,45-52H2,1-8H3;/q-2;+2. The second kappa shape index (κ2) is 36.1. The van der Waals surface area contributed by atoms with E-state index in [1.165, 1.54) is 128 Å². The summed E-state index contributed by atoms with van der Waals surface area (Å²) in [5.41, 5.74) is 5.03. The van der Waals surface area contributed by atoms with Crippen LogP contribution < -0.4 is 28.9 Å². The summed E-state index contributed by atoms with van der Waals surface area (Å²) in [6.45, 7) is 20.6. The summed E-state index contributed by atoms with van der Waals surface area (Å²) in [6.07, 6.45) is 33.4. The average molecular weight is 1250 g/mol. The van der Waals surface area contributed by atoms with Gasteiger partial charge in [-0.15, -0.1) is 0 Å². The summed E-state index contributed by atoms with van der Waals surface area (Å²) < 4.78 is 27.5. The molecule has 0 aliphatic carbocycles. The third kappa shape index (κ3) is 18.1. The Hall–Kier alpha value is -6.07. The molecular weight excluding hydrogens is 1150 g/mol. The molecule has 7 aromatic rings. The van der Waals surface area contributed by atoms with E-state index in [1.807, 2.05) is 48.5 Å². The van der Waals surface area contributed by atoms with Crippen molar-refractivity contribution in [1.29, 1.82) is 0 Å². The maximum Gasteiger partial charge on any atom is 2.00 e. The number of benzene rings is 4. The van der Waals surface area contributed by atoms with Crippen LogP contribution in [0.1, 0.15) is 235 Å². The van der Waals surface area contributed by atoms with Gasteiger partial charge in [-0.3, -0.25) is 0 Å². The van der Waals surface area contributed by atoms with E-state index in [2.05, 4.69) is 79.7 Å². The first-order valence-electron chi connectivity index (χ1n) is 35.1. The van der Waals surface area contributed by atoms with E-state index >= 15 is 0 Å². The predicted octanol–water partition coefficient (Wildman–Crippen LogP) is 21.2. The van der Waals surface area contributed by atoms with E-state index in [0.717, 1.165) is 95.2 Å². The molecule has 0 radical (unpaired) electrons. The molecule has 0 saturated heterocycles. The molecule has 2 aliphatic rings. The number of nitrogens with zero attached hydrogens (tertiary/aromatic N) is 8. The molecule has 3 aromatic heterocycles. The smallest absolute Gasteiger partial charge is 0.493 e. The number of aromatic nitrogens is 8. The van der Waals surface area contributed by atoms with Crippen LogP contribution in [0.25, 0.3) is 89.7 Å². The Morgan fingerprint density at radius 1 is 0.315 bits per heavy atom. The fraction of sp³-hybridized carbons (Fsp3) is 0.579. The SMILES string of the molecule is CCCCCCC(CC)CCOc1cccc2c1-c1nc-2nc2[n-]c(nc3nc(nc4[n-]c(n1)c1cccc(OCCC(CC)CCCCCC)c41)-c1c(OCCC(CC)CCCCCC)cccc1-3)c1c(OCCC(CC)CCCCCC)cccc21.[Ni+2]. The topological polar surface area (TPSA) is 142 Å². The zero-order chi connectivity index (χ0) is 61.5. The summed E-state index contributed by atoms with van der Waals surface area (Å²) in [7, 11) is 0. The predicted molar refractivity (Wildman–Crippen MR) is 365 cm³/mol. The molecule has 89 heavy (non-hydrogen) atoms. The number of ether oxygens (including phenoxy) is 4. The van der Waals surface area contributed by atoms with Gasteiger partial charge in [-0.1, -0.05) is 258 Å². The molecule has 5 heterocycles. The van der Waals surface area contributed by atoms with Crippen molar-refractivity contribution in [3.05, 3.63) is 72.8 Å². The van der Waals surface area contributed by atoms with Crippen LogP contribution in [0.15, 0.2) is 72.8 Å². The second-order valence-corrected chi connectivity index (χ2v) is 25.2. The summed E-state index contributed by atoms with van der Waals surface area (Å²) >= 11 is 0. The Kier molecular flexibility index (Phi) is 27.9. The molecule has 0 saturated carbocycles. The third-order valence-corrected chi connectivity index (χ3v) is 19.0. The quantitative estimate of drug-likeness (QED) is 0.0266. The van der Waals surface area contributed by atoms with E-state index in [0.29, 0.717) is 119 Å². The van der Waals surface area contributed by atoms with Gasteiger partial charge in [0.05, 0.1) is 60.9 Å². The van der Waals surface area contributed by atoms with E-state index in [1.54, 1.807) is 0 Å². The second-order valence-electron chi connectivity index (χ2n) is 25.2. The monoisotopic (exact) mass is 1250 g/mol. The Balaban J connectivity index is 0.0000102. The largest absolute Gasteiger partial charge is 2.00 e. The van der Waals surface area contributed by atoms with Gasteiger partial charge >= 0.3 is 16.5 Å². The minimum absolute atomic E-state index is 0. The maximum atomic E-state index is 6.90. The molecule has 0 amide bonds. The van der Waals surface area contributed by atoms with Crippen LogP contribution in [0.4, 0.5) is 0 Å². The van der Waals surface area contributed by atoms with Crippen molar-refractivity contribution in [1.82, 2.24) is 39.9 Å². The van der Waals surface area contributed by atoms with E-state index < -0.39 is 0 Å². The van der Waals surface area contributed by atoms with Gasteiger partial charge < -0.3 is 48.9 Å². The minimum Gasteiger partial charge on any atom is -0.493 e. The molecule has 4 atom stereocenters. The molecule has 482 valence electrons. The Morgan fingerprint density at radius 2 is 0.618 bits per heavy atom. The van der Waals surface area contributed by atoms with Crippen molar-refractivity contribution < 1.29 is 35.4 Å². The molecule has 13 heteroatoms. The Bertz CT molecular complexity index is 3470. The molecule has 12 nitrogen and oxygen atoms in total. The van der Waals surface area contributed by atoms with Crippen LogP contribution >= 0.6 is 0 Å². The van der Waals surface area contributed by atoms with Crippen molar-refractivity contribution in [3.63, 3.8) is 0 Å². The van der Waals surface area contributed by atoms with Crippen LogP contribution in [-0.4, -0.2) is 56.3 Å². The molecule has 0 N–H and O–H groups in total. The molecule has 0 spiro atoms. The number of hydrogen-bond acceptors (Lipinski definition) is 10. The van der Waals surface area contributed by atoms with Crippen LogP contribution in [0.3, 0.4) is 0 Å². The average Bonchev–Trinajstić information content (AvgIpc) is 1.73. The molecule has 8 bridgehead atoms. The summed E-state index contributed by atoms with van der Waals surface area (Å²) in [4.78, 5) is 43.3. The van der Waals surface area contributed by atoms with Gasteiger partial charge in [-0.25, -0.2) is 9.97 Å². The van der Waals surface area contributed by atoms with Gasteiger partial charge in [0, 0.05) is 44.5 Å². The van der Waals surface area contributed by atoms with E-state index in [-0.39, 0.29) is 16.5 Å². The number of fused-ring (bicyclic) bond motifs is 20. The molecule has 2 aliphatic heterocycles. The summed E-state index contributed by atoms with van der Waals surface area (Å²) in [5.74, 6) is 7.05. The van der Waals surface area contributed by atoms with Crippen LogP contribution in [0.2, 0.25) is 0 Å². The van der Waals surface area contributed by atoms with Gasteiger partial charge in [-0.05, 0) is 84.4 Å². The van der Waals surface area contributed by atoms with E-state index in [9.17, 15) is 0 Å². The van der Waals surface area contributed by atoms with Gasteiger partial charge in [0.25, 0.3) is 0 Å². The molecule has 9 rings (SSSR count). The van der Waals surface area contributed by atoms with Crippen molar-refractivity contribution >= 4 is 44.1 Å². The molecule has 4 aromatic carbocycles. The minimum atomic E-state index is 0. The van der Waals surface area contributed by atoms with Gasteiger partial charge in [-0.2, -0.15) is 0 Å². The number of unbranched alkanes of at least 4 members (excludes halogenated alkanes) is 12. The first-order chi connectivity index (χ1) is 43.3.